The van der Waals surface area contributed by atoms with Crippen LogP contribution >= 0.6 is 11.6 Å². The Bertz CT molecular complexity index is 1460. The number of allylic oxidation sites excluding steroid dienone is 4. The second-order valence-electron chi connectivity index (χ2n) is 9.39. The molecule has 0 amide bonds. The third kappa shape index (κ3) is 2.73. The van der Waals surface area contributed by atoms with Crippen molar-refractivity contribution in [2.45, 2.75) is 38.8 Å². The van der Waals surface area contributed by atoms with E-state index in [4.69, 9.17) is 16.3 Å². The second kappa shape index (κ2) is 7.33. The number of methoxy groups -OCH3 is 1. The van der Waals surface area contributed by atoms with Crippen LogP contribution in [-0.2, 0) is 23.2 Å². The fourth-order valence-corrected chi connectivity index (χ4v) is 6.28. The van der Waals surface area contributed by atoms with Gasteiger partial charge in [-0.05, 0) is 48.3 Å². The largest absolute Gasteiger partial charge is 0.503 e. The average Bonchev–Trinajstić information content (AvgIpc) is 3.02. The molecule has 34 heavy (non-hydrogen) atoms. The number of nitrogens with zero attached hydrogens (tertiary/aromatic N) is 3. The van der Waals surface area contributed by atoms with E-state index < -0.39 is 34.7 Å². The van der Waals surface area contributed by atoms with E-state index in [1.54, 1.807) is 26.0 Å². The van der Waals surface area contributed by atoms with E-state index in [2.05, 4.69) is 0 Å². The normalized spacial score (nSPS) is 28.0. The molecule has 1 saturated carbocycles. The Morgan fingerprint density at radius 3 is 2.56 bits per heavy atom. The van der Waals surface area contributed by atoms with Gasteiger partial charge in [-0.1, -0.05) is 24.6 Å². The van der Waals surface area contributed by atoms with Crippen molar-refractivity contribution in [3.05, 3.63) is 67.0 Å². The average molecular weight is 486 g/mol. The molecule has 1 fully saturated rings. The van der Waals surface area contributed by atoms with E-state index in [0.717, 1.165) is 10.1 Å². The highest BCUT2D eigenvalue weighted by Gasteiger charge is 2.59. The van der Waals surface area contributed by atoms with Gasteiger partial charge >= 0.3 is 11.4 Å². The molecule has 0 bridgehead atoms. The summed E-state index contributed by atoms with van der Waals surface area (Å²) in [5.74, 6) is -1.80. The van der Waals surface area contributed by atoms with Gasteiger partial charge in [0.2, 0.25) is 0 Å². The lowest BCUT2D eigenvalue weighted by Crippen LogP contribution is -2.54. The number of carbonyl (C=O) groups excluding carboxylic acids is 2. The van der Waals surface area contributed by atoms with Crippen molar-refractivity contribution in [3.8, 4) is 11.5 Å². The molecule has 10 heteroatoms. The van der Waals surface area contributed by atoms with E-state index >= 15 is 0 Å². The first-order valence-electron chi connectivity index (χ1n) is 10.9. The number of hydrogen-bond donors (Lipinski definition) is 1. The number of phenolic OH excluding ortho intramolecular Hbond substituents is 1. The number of hydrogen-bond acceptors (Lipinski definition) is 6. The minimum Gasteiger partial charge on any atom is -0.503 e. The summed E-state index contributed by atoms with van der Waals surface area (Å²) in [5, 5.41) is 10.3. The van der Waals surface area contributed by atoms with E-state index in [1.165, 1.54) is 29.6 Å². The van der Waals surface area contributed by atoms with Gasteiger partial charge in [0.1, 0.15) is 0 Å². The van der Waals surface area contributed by atoms with Crippen molar-refractivity contribution in [1.82, 2.24) is 13.9 Å². The maximum Gasteiger partial charge on any atom is 0.347 e. The van der Waals surface area contributed by atoms with Gasteiger partial charge in [0.05, 0.1) is 30.1 Å². The van der Waals surface area contributed by atoms with Crippen molar-refractivity contribution >= 4 is 23.2 Å². The van der Waals surface area contributed by atoms with Crippen molar-refractivity contribution < 1.29 is 19.4 Å². The minimum atomic E-state index is -1.15. The van der Waals surface area contributed by atoms with Crippen LogP contribution in [0.4, 0.5) is 0 Å². The van der Waals surface area contributed by atoms with Crippen molar-refractivity contribution in [3.63, 3.8) is 0 Å². The highest BCUT2D eigenvalue weighted by molar-refractivity contribution is 6.32. The number of carbonyl (C=O) groups is 2. The quantitative estimate of drug-likeness (QED) is 0.652. The molecule has 1 aromatic heterocycles. The predicted octanol–water partition coefficient (Wildman–Crippen LogP) is 2.11. The summed E-state index contributed by atoms with van der Waals surface area (Å²) in [6, 6.07) is 2.58. The van der Waals surface area contributed by atoms with E-state index in [-0.39, 0.29) is 41.1 Å². The summed E-state index contributed by atoms with van der Waals surface area (Å²) in [6.07, 6.45) is 3.43. The predicted molar refractivity (Wildman–Crippen MR) is 123 cm³/mol. The van der Waals surface area contributed by atoms with Crippen LogP contribution in [0.15, 0.2) is 45.0 Å². The Kier molecular flexibility index (Phi) is 4.84. The molecule has 178 valence electrons. The zero-order valence-electron chi connectivity index (χ0n) is 19.2. The molecule has 2 aliphatic carbocycles. The zero-order valence-corrected chi connectivity index (χ0v) is 19.9. The molecule has 0 spiro atoms. The van der Waals surface area contributed by atoms with Crippen LogP contribution < -0.4 is 16.1 Å². The highest BCUT2D eigenvalue weighted by atomic mass is 35.5. The van der Waals surface area contributed by atoms with Gasteiger partial charge < -0.3 is 9.84 Å². The standard InChI is InChI=1S/C24H24ClN3O6/c1-11-7-17(29)14-10-16-13(5-6-27-22(32)26(3)23(33)28(16)27)19(24(14,2)21(11)31)12-8-15(25)20(30)18(9-12)34-4/h5,7-9,14,16,19,30H,6,10H2,1-4H3/t14-,16+,19-,24+/m0/s1. The number of Topliss-reactive ketones (excluding diaryl/α,β-unsaturated/α-hetero) is 1. The van der Waals surface area contributed by atoms with Gasteiger partial charge in [-0.2, -0.15) is 0 Å². The molecule has 2 aromatic rings. The third-order valence-electron chi connectivity index (χ3n) is 7.70. The van der Waals surface area contributed by atoms with E-state index in [9.17, 15) is 24.3 Å². The monoisotopic (exact) mass is 485 g/mol. The number of aromatic hydroxyl groups is 1. The fourth-order valence-electron chi connectivity index (χ4n) is 6.06. The summed E-state index contributed by atoms with van der Waals surface area (Å²) in [6.45, 7) is 3.56. The van der Waals surface area contributed by atoms with Crippen LogP contribution in [0.3, 0.4) is 0 Å². The molecule has 5 rings (SSSR count). The molecule has 1 aliphatic heterocycles. The van der Waals surface area contributed by atoms with Crippen molar-refractivity contribution in [2.75, 3.05) is 7.11 Å². The summed E-state index contributed by atoms with van der Waals surface area (Å²) in [4.78, 5) is 52.6. The van der Waals surface area contributed by atoms with Crippen LogP contribution in [0.1, 0.15) is 37.8 Å². The van der Waals surface area contributed by atoms with Gasteiger partial charge in [-0.15, -0.1) is 0 Å². The molecule has 0 saturated heterocycles. The molecule has 0 unspecified atom stereocenters. The first kappa shape index (κ1) is 22.5. The first-order chi connectivity index (χ1) is 16.0. The Labute approximate surface area is 199 Å². The number of fused-ring (bicyclic) bond motifs is 4. The number of benzene rings is 1. The molecular formula is C24H24ClN3O6. The molecule has 4 atom stereocenters. The minimum absolute atomic E-state index is 0.0451. The maximum atomic E-state index is 13.7. The SMILES string of the molecule is COc1cc([C@H]2C3=CCn4c(=O)n(C)c(=O)n4[C@@H]3C[C@H]3C(=O)C=C(C)C(=O)[C@@]23C)cc(Cl)c1O. The number of ketones is 2. The number of ether oxygens (including phenoxy) is 1. The smallest absolute Gasteiger partial charge is 0.347 e. The number of rotatable bonds is 2. The molecular weight excluding hydrogens is 462 g/mol. The van der Waals surface area contributed by atoms with Gasteiger partial charge in [-0.3, -0.25) is 9.59 Å². The molecule has 1 N–H and O–H groups in total. The first-order valence-corrected chi connectivity index (χ1v) is 11.3. The van der Waals surface area contributed by atoms with Gasteiger partial charge in [0.25, 0.3) is 0 Å². The van der Waals surface area contributed by atoms with Gasteiger partial charge in [0.15, 0.2) is 23.1 Å². The molecule has 1 aromatic carbocycles. The Balaban J connectivity index is 1.82. The second-order valence-corrected chi connectivity index (χ2v) is 9.79. The summed E-state index contributed by atoms with van der Waals surface area (Å²) < 4.78 is 9.10. The lowest BCUT2D eigenvalue weighted by Gasteiger charge is -2.52. The number of aromatic nitrogens is 3. The van der Waals surface area contributed by atoms with Crippen LogP contribution in [0.25, 0.3) is 0 Å². The summed E-state index contributed by atoms with van der Waals surface area (Å²) >= 11 is 6.32. The topological polar surface area (TPSA) is 113 Å². The number of halogens is 1. The zero-order chi connectivity index (χ0) is 24.7. The number of phenols is 1. The molecule has 0 radical (unpaired) electrons. The Morgan fingerprint density at radius 2 is 1.88 bits per heavy atom. The highest BCUT2D eigenvalue weighted by Crippen LogP contribution is 2.60. The summed E-state index contributed by atoms with van der Waals surface area (Å²) in [5.41, 5.74) is -0.365. The van der Waals surface area contributed by atoms with Crippen molar-refractivity contribution in [2.24, 2.45) is 18.4 Å². The lowest BCUT2D eigenvalue weighted by molar-refractivity contribution is -0.139. The van der Waals surface area contributed by atoms with E-state index in [0.29, 0.717) is 11.1 Å². The van der Waals surface area contributed by atoms with Crippen LogP contribution in [0.2, 0.25) is 5.02 Å². The third-order valence-corrected chi connectivity index (χ3v) is 7.99. The van der Waals surface area contributed by atoms with Crippen LogP contribution in [-0.4, -0.2) is 37.7 Å². The fraction of sp³-hybridized carbons (Fsp3) is 0.417. The molecule has 3 aliphatic rings. The Morgan fingerprint density at radius 1 is 1.18 bits per heavy atom. The van der Waals surface area contributed by atoms with Gasteiger partial charge in [0, 0.05) is 18.9 Å². The van der Waals surface area contributed by atoms with E-state index in [1.807, 2.05) is 6.08 Å². The van der Waals surface area contributed by atoms with Crippen LogP contribution in [0, 0.1) is 11.3 Å². The molecule has 9 nitrogen and oxygen atoms in total. The van der Waals surface area contributed by atoms with Crippen LogP contribution in [0.5, 0.6) is 11.5 Å². The van der Waals surface area contributed by atoms with Gasteiger partial charge in [-0.25, -0.2) is 23.5 Å². The maximum absolute atomic E-state index is 13.7. The molecule has 2 heterocycles. The Hall–Kier alpha value is -3.33. The van der Waals surface area contributed by atoms with Crippen molar-refractivity contribution in [1.29, 1.82) is 0 Å². The summed E-state index contributed by atoms with van der Waals surface area (Å²) in [7, 11) is 2.81. The lowest BCUT2D eigenvalue weighted by atomic mass is 9.51.